The van der Waals surface area contributed by atoms with Gasteiger partial charge in [0.1, 0.15) is 5.58 Å². The second-order valence-electron chi connectivity index (χ2n) is 5.37. The molecule has 0 amide bonds. The summed E-state index contributed by atoms with van der Waals surface area (Å²) >= 11 is 5.90. The van der Waals surface area contributed by atoms with Gasteiger partial charge in [-0.1, -0.05) is 47.1 Å². The van der Waals surface area contributed by atoms with Gasteiger partial charge in [-0.15, -0.1) is 0 Å². The average molecular weight is 326 g/mol. The van der Waals surface area contributed by atoms with Gasteiger partial charge in [-0.2, -0.15) is 0 Å². The number of benzene rings is 2. The zero-order valence-corrected chi connectivity index (χ0v) is 12.8. The van der Waals surface area contributed by atoms with Gasteiger partial charge in [-0.3, -0.25) is 0 Å². The lowest BCUT2D eigenvalue weighted by molar-refractivity contribution is 0.0857. The molecule has 2 aromatic carbocycles. The molecule has 0 N–H and O–H groups in total. The number of halogens is 1. The molecule has 1 aliphatic rings. The van der Waals surface area contributed by atoms with Crippen molar-refractivity contribution in [1.29, 1.82) is 0 Å². The van der Waals surface area contributed by atoms with E-state index in [0.29, 0.717) is 28.3 Å². The number of fused-ring (bicyclic) bond motifs is 1. The average Bonchev–Trinajstić information content (AvgIpc) is 3.04. The Hall–Kier alpha value is -2.59. The molecule has 2 heterocycles. The molecule has 5 heteroatoms. The molecule has 23 heavy (non-hydrogen) atoms. The maximum atomic E-state index is 12.2. The Bertz CT molecular complexity index is 960. The fourth-order valence-corrected chi connectivity index (χ4v) is 2.78. The molecule has 0 saturated carbocycles. The second kappa shape index (κ2) is 5.56. The smallest absolute Gasteiger partial charge is 0.345 e. The summed E-state index contributed by atoms with van der Waals surface area (Å²) in [5, 5.41) is 5.61. The van der Waals surface area contributed by atoms with Gasteiger partial charge in [0, 0.05) is 16.8 Å². The van der Waals surface area contributed by atoms with E-state index in [4.69, 9.17) is 20.9 Å². The molecule has 0 radical (unpaired) electrons. The molecule has 1 aliphatic heterocycles. The number of hydrogen-bond acceptors (Lipinski definition) is 4. The minimum Gasteiger partial charge on any atom is -0.422 e. The monoisotopic (exact) mass is 325 g/mol. The van der Waals surface area contributed by atoms with Crippen molar-refractivity contribution in [2.45, 2.75) is 12.5 Å². The molecule has 1 unspecified atom stereocenters. The van der Waals surface area contributed by atoms with Crippen LogP contribution in [0.15, 0.2) is 69.0 Å². The number of para-hydroxylation sites is 1. The Morgan fingerprint density at radius 2 is 1.87 bits per heavy atom. The van der Waals surface area contributed by atoms with Gasteiger partial charge in [0.05, 0.1) is 11.3 Å². The van der Waals surface area contributed by atoms with Gasteiger partial charge in [0.2, 0.25) is 0 Å². The van der Waals surface area contributed by atoms with Crippen molar-refractivity contribution in [3.63, 3.8) is 0 Å². The molecule has 0 bridgehead atoms. The van der Waals surface area contributed by atoms with Crippen molar-refractivity contribution in [2.24, 2.45) is 5.16 Å². The SMILES string of the molecule is O=c1oc2ccccc2cc1C1=NOC(c2ccc(Cl)cc2)C1. The molecule has 114 valence electrons. The third kappa shape index (κ3) is 2.62. The van der Waals surface area contributed by atoms with Crippen LogP contribution in [0.1, 0.15) is 23.7 Å². The first kappa shape index (κ1) is 14.0. The molecular weight excluding hydrogens is 314 g/mol. The van der Waals surface area contributed by atoms with Crippen LogP contribution in [-0.2, 0) is 4.84 Å². The topological polar surface area (TPSA) is 51.8 Å². The van der Waals surface area contributed by atoms with Crippen molar-refractivity contribution >= 4 is 28.3 Å². The van der Waals surface area contributed by atoms with Crippen molar-refractivity contribution in [1.82, 2.24) is 0 Å². The van der Waals surface area contributed by atoms with E-state index < -0.39 is 5.63 Å². The van der Waals surface area contributed by atoms with Gasteiger partial charge in [0.15, 0.2) is 6.10 Å². The Balaban J connectivity index is 1.66. The summed E-state index contributed by atoms with van der Waals surface area (Å²) in [6.07, 6.45) is 0.304. The summed E-state index contributed by atoms with van der Waals surface area (Å²) in [6.45, 7) is 0. The summed E-state index contributed by atoms with van der Waals surface area (Å²) in [6, 6.07) is 16.6. The second-order valence-corrected chi connectivity index (χ2v) is 5.81. The van der Waals surface area contributed by atoms with Crippen molar-refractivity contribution < 1.29 is 9.25 Å². The summed E-state index contributed by atoms with van der Waals surface area (Å²) in [7, 11) is 0. The molecule has 0 aliphatic carbocycles. The third-order valence-electron chi connectivity index (χ3n) is 3.86. The molecule has 4 rings (SSSR count). The van der Waals surface area contributed by atoms with Gasteiger partial charge in [-0.25, -0.2) is 4.79 Å². The molecular formula is C18H12ClNO3. The summed E-state index contributed by atoms with van der Waals surface area (Å²) in [5.41, 5.74) is 2.18. The zero-order chi connectivity index (χ0) is 15.8. The lowest BCUT2D eigenvalue weighted by atomic mass is 10.0. The van der Waals surface area contributed by atoms with E-state index >= 15 is 0 Å². The molecule has 0 fully saturated rings. The molecule has 3 aromatic rings. The highest BCUT2D eigenvalue weighted by atomic mass is 35.5. The number of oxime groups is 1. The zero-order valence-electron chi connectivity index (χ0n) is 12.0. The first-order valence-electron chi connectivity index (χ1n) is 7.22. The van der Waals surface area contributed by atoms with E-state index in [1.807, 2.05) is 42.5 Å². The van der Waals surface area contributed by atoms with Crippen molar-refractivity contribution in [3.05, 3.63) is 81.2 Å². The van der Waals surface area contributed by atoms with Gasteiger partial charge < -0.3 is 9.25 Å². The lowest BCUT2D eigenvalue weighted by Crippen LogP contribution is -2.13. The Labute approximate surface area is 136 Å². The minimum absolute atomic E-state index is 0.215. The Kier molecular flexibility index (Phi) is 3.39. The van der Waals surface area contributed by atoms with E-state index in [1.54, 1.807) is 12.1 Å². The van der Waals surface area contributed by atoms with E-state index in [-0.39, 0.29) is 6.10 Å². The van der Waals surface area contributed by atoms with Crippen molar-refractivity contribution in [3.8, 4) is 0 Å². The van der Waals surface area contributed by atoms with Gasteiger partial charge >= 0.3 is 5.63 Å². The highest BCUT2D eigenvalue weighted by Crippen LogP contribution is 2.30. The van der Waals surface area contributed by atoms with Crippen LogP contribution in [0.5, 0.6) is 0 Å². The maximum Gasteiger partial charge on any atom is 0.345 e. The van der Waals surface area contributed by atoms with Crippen LogP contribution >= 0.6 is 11.6 Å². The van der Waals surface area contributed by atoms with Crippen LogP contribution in [0.25, 0.3) is 11.0 Å². The molecule has 4 nitrogen and oxygen atoms in total. The predicted octanol–water partition coefficient (Wildman–Crippen LogP) is 4.31. The molecule has 0 spiro atoms. The van der Waals surface area contributed by atoms with Gasteiger partial charge in [0.25, 0.3) is 0 Å². The third-order valence-corrected chi connectivity index (χ3v) is 4.11. The highest BCUT2D eigenvalue weighted by molar-refractivity contribution is 6.30. The minimum atomic E-state index is -0.400. The molecule has 1 atom stereocenters. The van der Waals surface area contributed by atoms with E-state index in [9.17, 15) is 4.79 Å². The first-order chi connectivity index (χ1) is 11.2. The standard InChI is InChI=1S/C18H12ClNO3/c19-13-7-5-11(6-8-13)17-10-15(20-23-17)14-9-12-3-1-2-4-16(12)22-18(14)21/h1-9,17H,10H2. The maximum absolute atomic E-state index is 12.2. The Morgan fingerprint density at radius 1 is 1.09 bits per heavy atom. The highest BCUT2D eigenvalue weighted by Gasteiger charge is 2.26. The van der Waals surface area contributed by atoms with Crippen LogP contribution < -0.4 is 5.63 Å². The fourth-order valence-electron chi connectivity index (χ4n) is 2.66. The largest absolute Gasteiger partial charge is 0.422 e. The van der Waals surface area contributed by atoms with E-state index in [2.05, 4.69) is 5.16 Å². The number of rotatable bonds is 2. The van der Waals surface area contributed by atoms with Crippen LogP contribution in [0.2, 0.25) is 5.02 Å². The fraction of sp³-hybridized carbons (Fsp3) is 0.111. The molecule has 0 saturated heterocycles. The first-order valence-corrected chi connectivity index (χ1v) is 7.60. The van der Waals surface area contributed by atoms with Crippen LogP contribution in [-0.4, -0.2) is 5.71 Å². The number of nitrogens with zero attached hydrogens (tertiary/aromatic N) is 1. The molecule has 1 aromatic heterocycles. The van der Waals surface area contributed by atoms with Crippen LogP contribution in [0.4, 0.5) is 0 Å². The Morgan fingerprint density at radius 3 is 2.70 bits per heavy atom. The number of hydrogen-bond donors (Lipinski definition) is 0. The normalized spacial score (nSPS) is 17.1. The quantitative estimate of drug-likeness (QED) is 0.660. The van der Waals surface area contributed by atoms with Gasteiger partial charge in [-0.05, 0) is 29.8 Å². The van der Waals surface area contributed by atoms with Crippen LogP contribution in [0, 0.1) is 0 Å². The van der Waals surface area contributed by atoms with E-state index in [1.165, 1.54) is 0 Å². The van der Waals surface area contributed by atoms with Crippen molar-refractivity contribution in [2.75, 3.05) is 0 Å². The van der Waals surface area contributed by atoms with E-state index in [0.717, 1.165) is 10.9 Å². The summed E-state index contributed by atoms with van der Waals surface area (Å²) in [4.78, 5) is 17.7. The summed E-state index contributed by atoms with van der Waals surface area (Å²) in [5.74, 6) is 0. The predicted molar refractivity (Wildman–Crippen MR) is 88.9 cm³/mol. The lowest BCUT2D eigenvalue weighted by Gasteiger charge is -2.08. The van der Waals surface area contributed by atoms with Crippen LogP contribution in [0.3, 0.4) is 0 Å². The summed E-state index contributed by atoms with van der Waals surface area (Å²) < 4.78 is 5.35.